The van der Waals surface area contributed by atoms with Crippen molar-refractivity contribution in [2.45, 2.75) is 37.4 Å². The normalized spacial score (nSPS) is 23.0. The van der Waals surface area contributed by atoms with Crippen molar-refractivity contribution in [1.29, 1.82) is 0 Å². The zero-order chi connectivity index (χ0) is 21.5. The van der Waals surface area contributed by atoms with Gasteiger partial charge >= 0.3 is 0 Å². The largest absolute Gasteiger partial charge is 0.497 e. The number of nitrogens with zero attached hydrogens (tertiary/aromatic N) is 1. The first-order valence-electron chi connectivity index (χ1n) is 9.58. The van der Waals surface area contributed by atoms with Gasteiger partial charge in [-0.2, -0.15) is 0 Å². The van der Waals surface area contributed by atoms with Crippen LogP contribution in [-0.2, 0) is 16.1 Å². The molecule has 0 bridgehead atoms. The smallest absolute Gasteiger partial charge is 0.251 e. The zero-order valence-electron chi connectivity index (χ0n) is 16.5. The lowest BCUT2D eigenvalue weighted by Crippen LogP contribution is -2.40. The van der Waals surface area contributed by atoms with Gasteiger partial charge in [0, 0.05) is 18.3 Å². The fourth-order valence-electron chi connectivity index (χ4n) is 3.15. The van der Waals surface area contributed by atoms with Crippen LogP contribution in [0, 0.1) is 0 Å². The van der Waals surface area contributed by atoms with Crippen molar-refractivity contribution < 1.29 is 29.3 Å². The number of aliphatic hydroxyl groups is 2. The minimum absolute atomic E-state index is 0.00482. The summed E-state index contributed by atoms with van der Waals surface area (Å²) in [5.74, 6) is -0.0484. The highest BCUT2D eigenvalue weighted by Crippen LogP contribution is 2.23. The molecule has 0 unspecified atom stereocenters. The quantitative estimate of drug-likeness (QED) is 0.478. The minimum atomic E-state index is -1.23. The number of rotatable bonds is 8. The maximum atomic E-state index is 12.2. The second-order valence-corrected chi connectivity index (χ2v) is 6.93. The molecule has 160 valence electrons. The van der Waals surface area contributed by atoms with Gasteiger partial charge in [0.15, 0.2) is 0 Å². The lowest BCUT2D eigenvalue weighted by atomic mass is 10.1. The first-order chi connectivity index (χ1) is 14.5. The SMILES string of the molecule is COc1ccc(C(=O)NC[C@@H]2O[C@@H](CC(=O)NCc3ccccn3)[C@H](O)[C@@H]2O)cc1. The van der Waals surface area contributed by atoms with Crippen molar-refractivity contribution >= 4 is 11.8 Å². The Morgan fingerprint density at radius 2 is 1.80 bits per heavy atom. The molecule has 30 heavy (non-hydrogen) atoms. The molecule has 0 radical (unpaired) electrons. The highest BCUT2D eigenvalue weighted by Gasteiger charge is 2.43. The van der Waals surface area contributed by atoms with Crippen LogP contribution in [0.5, 0.6) is 5.75 Å². The van der Waals surface area contributed by atoms with Crippen LogP contribution < -0.4 is 15.4 Å². The molecule has 4 N–H and O–H groups in total. The molecule has 9 heteroatoms. The fraction of sp³-hybridized carbons (Fsp3) is 0.381. The molecule has 9 nitrogen and oxygen atoms in total. The molecule has 1 fully saturated rings. The minimum Gasteiger partial charge on any atom is -0.497 e. The summed E-state index contributed by atoms with van der Waals surface area (Å²) >= 11 is 0. The van der Waals surface area contributed by atoms with Crippen molar-refractivity contribution in [2.75, 3.05) is 13.7 Å². The van der Waals surface area contributed by atoms with E-state index in [1.54, 1.807) is 42.6 Å². The first kappa shape index (κ1) is 21.7. The van der Waals surface area contributed by atoms with Gasteiger partial charge in [0.2, 0.25) is 5.91 Å². The Kier molecular flexibility index (Phi) is 7.34. The Hall–Kier alpha value is -3.01. The van der Waals surface area contributed by atoms with E-state index >= 15 is 0 Å². The highest BCUT2D eigenvalue weighted by molar-refractivity contribution is 5.94. The molecule has 2 amide bonds. The van der Waals surface area contributed by atoms with Crippen molar-refractivity contribution in [3.8, 4) is 5.75 Å². The third kappa shape index (κ3) is 5.53. The Morgan fingerprint density at radius 3 is 2.47 bits per heavy atom. The molecular formula is C21H25N3O6. The second kappa shape index (κ2) is 10.1. The average molecular weight is 415 g/mol. The van der Waals surface area contributed by atoms with Crippen molar-refractivity contribution in [3.63, 3.8) is 0 Å². The number of nitrogens with one attached hydrogen (secondary N) is 2. The predicted octanol–water partition coefficient (Wildman–Crippen LogP) is 0.0157. The van der Waals surface area contributed by atoms with E-state index in [9.17, 15) is 19.8 Å². The summed E-state index contributed by atoms with van der Waals surface area (Å²) in [6.45, 7) is 0.252. The molecule has 1 saturated heterocycles. The number of ether oxygens (including phenoxy) is 2. The van der Waals surface area contributed by atoms with Crippen LogP contribution >= 0.6 is 0 Å². The summed E-state index contributed by atoms with van der Waals surface area (Å²) in [7, 11) is 1.54. The number of hydrogen-bond donors (Lipinski definition) is 4. The number of hydrogen-bond acceptors (Lipinski definition) is 7. The predicted molar refractivity (Wildman–Crippen MR) is 107 cm³/mol. The standard InChI is InChI=1S/C21H25N3O6/c1-29-15-7-5-13(6-8-15)21(28)24-12-17-20(27)19(26)16(30-17)10-18(25)23-11-14-4-2-3-9-22-14/h2-9,16-17,19-20,26-27H,10-12H2,1H3,(H,23,25)(H,24,28)/t16-,17-,19-,20+/m0/s1. The van der Waals surface area contributed by atoms with Crippen LogP contribution in [0.4, 0.5) is 0 Å². The van der Waals surface area contributed by atoms with Crippen molar-refractivity contribution in [1.82, 2.24) is 15.6 Å². The molecule has 2 heterocycles. The van der Waals surface area contributed by atoms with Crippen molar-refractivity contribution in [3.05, 3.63) is 59.9 Å². The maximum Gasteiger partial charge on any atom is 0.251 e. The van der Waals surface area contributed by atoms with E-state index in [4.69, 9.17) is 9.47 Å². The third-order valence-corrected chi connectivity index (χ3v) is 4.86. The van der Waals surface area contributed by atoms with E-state index in [0.29, 0.717) is 17.0 Å². The van der Waals surface area contributed by atoms with Crippen LogP contribution in [-0.4, -0.2) is 65.1 Å². The second-order valence-electron chi connectivity index (χ2n) is 6.93. The van der Waals surface area contributed by atoms with Gasteiger partial charge in [0.05, 0.1) is 31.9 Å². The van der Waals surface area contributed by atoms with Crippen molar-refractivity contribution in [2.24, 2.45) is 0 Å². The van der Waals surface area contributed by atoms with Gasteiger partial charge in [-0.1, -0.05) is 6.07 Å². The number of amides is 2. The van der Waals surface area contributed by atoms with E-state index < -0.39 is 24.4 Å². The van der Waals surface area contributed by atoms with E-state index in [2.05, 4.69) is 15.6 Å². The Bertz CT molecular complexity index is 846. The monoisotopic (exact) mass is 415 g/mol. The Balaban J connectivity index is 1.46. The summed E-state index contributed by atoms with van der Waals surface area (Å²) in [6, 6.07) is 11.9. The number of benzene rings is 1. The molecule has 2 aromatic rings. The molecule has 3 rings (SSSR count). The molecular weight excluding hydrogens is 390 g/mol. The number of aliphatic hydroxyl groups excluding tert-OH is 2. The summed E-state index contributed by atoms with van der Waals surface area (Å²) in [4.78, 5) is 28.5. The molecule has 1 aromatic carbocycles. The van der Waals surface area contributed by atoms with Crippen LogP contribution in [0.15, 0.2) is 48.7 Å². The summed E-state index contributed by atoms with van der Waals surface area (Å²) < 4.78 is 10.7. The number of aromatic nitrogens is 1. The zero-order valence-corrected chi connectivity index (χ0v) is 16.5. The van der Waals surface area contributed by atoms with Gasteiger partial charge < -0.3 is 30.3 Å². The summed E-state index contributed by atoms with van der Waals surface area (Å²) in [5.41, 5.74) is 1.13. The molecule has 0 spiro atoms. The number of carbonyl (C=O) groups is 2. The lowest BCUT2D eigenvalue weighted by Gasteiger charge is -2.15. The van der Waals surface area contributed by atoms with Gasteiger partial charge in [-0.25, -0.2) is 0 Å². The molecule has 1 aliphatic heterocycles. The summed E-state index contributed by atoms with van der Waals surface area (Å²) in [5, 5.41) is 25.8. The first-order valence-corrected chi connectivity index (χ1v) is 9.58. The average Bonchev–Trinajstić information content (AvgIpc) is 3.04. The molecule has 1 aliphatic rings. The molecule has 0 aliphatic carbocycles. The summed E-state index contributed by atoms with van der Waals surface area (Å²) in [6.07, 6.45) is -2.62. The number of methoxy groups -OCH3 is 1. The van der Waals surface area contributed by atoms with Crippen LogP contribution in [0.25, 0.3) is 0 Å². The number of pyridine rings is 1. The van der Waals surface area contributed by atoms with E-state index in [-0.39, 0.29) is 31.3 Å². The Morgan fingerprint density at radius 1 is 1.07 bits per heavy atom. The van der Waals surface area contributed by atoms with Gasteiger partial charge in [0.1, 0.15) is 24.1 Å². The maximum absolute atomic E-state index is 12.2. The third-order valence-electron chi connectivity index (χ3n) is 4.86. The lowest BCUT2D eigenvalue weighted by molar-refractivity contribution is -0.125. The van der Waals surface area contributed by atoms with Gasteiger partial charge in [-0.15, -0.1) is 0 Å². The van der Waals surface area contributed by atoms with E-state index in [0.717, 1.165) is 0 Å². The van der Waals surface area contributed by atoms with Gasteiger partial charge in [-0.3, -0.25) is 14.6 Å². The highest BCUT2D eigenvalue weighted by atomic mass is 16.5. The van der Waals surface area contributed by atoms with E-state index in [1.165, 1.54) is 7.11 Å². The van der Waals surface area contributed by atoms with E-state index in [1.807, 2.05) is 6.07 Å². The molecule has 4 atom stereocenters. The van der Waals surface area contributed by atoms with Crippen LogP contribution in [0.1, 0.15) is 22.5 Å². The van der Waals surface area contributed by atoms with Crippen LogP contribution in [0.2, 0.25) is 0 Å². The van der Waals surface area contributed by atoms with Gasteiger partial charge in [0.25, 0.3) is 5.91 Å². The van der Waals surface area contributed by atoms with Gasteiger partial charge in [-0.05, 0) is 36.4 Å². The number of carbonyl (C=O) groups excluding carboxylic acids is 2. The molecule has 0 saturated carbocycles. The topological polar surface area (TPSA) is 130 Å². The fourth-order valence-corrected chi connectivity index (χ4v) is 3.15. The molecule has 1 aromatic heterocycles. The Labute approximate surface area is 174 Å². The van der Waals surface area contributed by atoms with Crippen LogP contribution in [0.3, 0.4) is 0 Å².